The predicted molar refractivity (Wildman–Crippen MR) is 81.0 cm³/mol. The Kier molecular flexibility index (Phi) is 7.25. The lowest BCUT2D eigenvalue weighted by Crippen LogP contribution is -2.52. The molecule has 2 nitrogen and oxygen atoms in total. The van der Waals surface area contributed by atoms with Gasteiger partial charge in [-0.25, -0.2) is 0 Å². The van der Waals surface area contributed by atoms with Crippen molar-refractivity contribution in [1.82, 2.24) is 10.2 Å². The summed E-state index contributed by atoms with van der Waals surface area (Å²) < 4.78 is 0. The van der Waals surface area contributed by atoms with Crippen LogP contribution in [0.2, 0.25) is 0 Å². The van der Waals surface area contributed by atoms with E-state index in [0.29, 0.717) is 18.1 Å². The first-order valence-corrected chi connectivity index (χ1v) is 8.13. The van der Waals surface area contributed by atoms with Crippen LogP contribution in [0.5, 0.6) is 0 Å². The molecule has 1 N–H and O–H groups in total. The van der Waals surface area contributed by atoms with E-state index in [1.54, 1.807) is 0 Å². The van der Waals surface area contributed by atoms with Crippen LogP contribution >= 0.6 is 0 Å². The summed E-state index contributed by atoms with van der Waals surface area (Å²) in [5, 5.41) is 3.72. The summed E-state index contributed by atoms with van der Waals surface area (Å²) in [5.41, 5.74) is 0. The fourth-order valence-corrected chi connectivity index (χ4v) is 3.08. The third kappa shape index (κ3) is 4.89. The molecule has 0 amide bonds. The lowest BCUT2D eigenvalue weighted by molar-refractivity contribution is 0.107. The molecule has 1 saturated carbocycles. The van der Waals surface area contributed by atoms with E-state index in [1.807, 2.05) is 0 Å². The minimum Gasteiger partial charge on any atom is -0.313 e. The molecule has 0 radical (unpaired) electrons. The van der Waals surface area contributed by atoms with Crippen LogP contribution in [-0.4, -0.2) is 36.1 Å². The number of rotatable bonds is 10. The molecule has 2 unspecified atom stereocenters. The molecule has 108 valence electrons. The summed E-state index contributed by atoms with van der Waals surface area (Å²) >= 11 is 0. The van der Waals surface area contributed by atoms with Gasteiger partial charge >= 0.3 is 0 Å². The van der Waals surface area contributed by atoms with Crippen molar-refractivity contribution < 1.29 is 0 Å². The largest absolute Gasteiger partial charge is 0.313 e. The highest BCUT2D eigenvalue weighted by Gasteiger charge is 2.32. The van der Waals surface area contributed by atoms with Gasteiger partial charge in [-0.15, -0.1) is 0 Å². The maximum absolute atomic E-state index is 3.72. The third-order valence-electron chi connectivity index (χ3n) is 4.20. The van der Waals surface area contributed by atoms with Crippen LogP contribution < -0.4 is 5.32 Å². The molecular formula is C16H34N2. The standard InChI is InChI=1S/C16H34N2/c1-6-9-15(17-8-3)16(7-2)18(13(4)5)12-14-10-11-14/h13-17H,6-12H2,1-5H3. The van der Waals surface area contributed by atoms with Gasteiger partial charge in [0.1, 0.15) is 0 Å². The molecule has 0 aromatic carbocycles. The maximum atomic E-state index is 3.72. The zero-order valence-corrected chi connectivity index (χ0v) is 13.2. The Morgan fingerprint density at radius 1 is 1.17 bits per heavy atom. The predicted octanol–water partition coefficient (Wildman–Crippen LogP) is 3.66. The van der Waals surface area contributed by atoms with Crippen LogP contribution in [-0.2, 0) is 0 Å². The van der Waals surface area contributed by atoms with E-state index < -0.39 is 0 Å². The van der Waals surface area contributed by atoms with Crippen LogP contribution in [0.4, 0.5) is 0 Å². The molecule has 0 bridgehead atoms. The van der Waals surface area contributed by atoms with Gasteiger partial charge in [-0.05, 0) is 52.0 Å². The zero-order chi connectivity index (χ0) is 13.5. The Morgan fingerprint density at radius 3 is 2.22 bits per heavy atom. The number of likely N-dealkylation sites (N-methyl/N-ethyl adjacent to an activating group) is 1. The van der Waals surface area contributed by atoms with Crippen molar-refractivity contribution in [3.8, 4) is 0 Å². The highest BCUT2D eigenvalue weighted by atomic mass is 15.2. The van der Waals surface area contributed by atoms with Crippen LogP contribution in [0.1, 0.15) is 66.7 Å². The number of nitrogens with one attached hydrogen (secondary N) is 1. The SMILES string of the molecule is CCCC(NCC)C(CC)N(CC1CC1)C(C)C. The molecule has 0 spiro atoms. The van der Waals surface area contributed by atoms with Crippen LogP contribution in [0, 0.1) is 5.92 Å². The highest BCUT2D eigenvalue weighted by molar-refractivity contribution is 4.88. The summed E-state index contributed by atoms with van der Waals surface area (Å²) in [4.78, 5) is 2.76. The Labute approximate surface area is 115 Å². The fourth-order valence-electron chi connectivity index (χ4n) is 3.08. The van der Waals surface area contributed by atoms with Gasteiger partial charge in [0.15, 0.2) is 0 Å². The Hall–Kier alpha value is -0.0800. The molecule has 1 aliphatic rings. The molecule has 2 heteroatoms. The maximum Gasteiger partial charge on any atom is 0.0249 e. The van der Waals surface area contributed by atoms with Gasteiger partial charge in [0.2, 0.25) is 0 Å². The molecule has 1 aliphatic carbocycles. The molecule has 0 aromatic rings. The van der Waals surface area contributed by atoms with E-state index in [-0.39, 0.29) is 0 Å². The van der Waals surface area contributed by atoms with Crippen LogP contribution in [0.15, 0.2) is 0 Å². The molecule has 18 heavy (non-hydrogen) atoms. The van der Waals surface area contributed by atoms with Gasteiger partial charge in [0.05, 0.1) is 0 Å². The molecule has 1 rings (SSSR count). The van der Waals surface area contributed by atoms with E-state index >= 15 is 0 Å². The zero-order valence-electron chi connectivity index (χ0n) is 13.2. The topological polar surface area (TPSA) is 15.3 Å². The van der Waals surface area contributed by atoms with Gasteiger partial charge in [0, 0.05) is 24.7 Å². The first kappa shape index (κ1) is 16.0. The van der Waals surface area contributed by atoms with Crippen molar-refractivity contribution in [2.24, 2.45) is 5.92 Å². The van der Waals surface area contributed by atoms with Gasteiger partial charge in [-0.1, -0.05) is 27.2 Å². The van der Waals surface area contributed by atoms with Crippen molar-refractivity contribution >= 4 is 0 Å². The monoisotopic (exact) mass is 254 g/mol. The minimum atomic E-state index is 0.672. The molecule has 0 aliphatic heterocycles. The quantitative estimate of drug-likeness (QED) is 0.640. The van der Waals surface area contributed by atoms with Crippen LogP contribution in [0.25, 0.3) is 0 Å². The average molecular weight is 254 g/mol. The van der Waals surface area contributed by atoms with E-state index in [2.05, 4.69) is 44.8 Å². The molecule has 1 fully saturated rings. The smallest absolute Gasteiger partial charge is 0.0249 e. The second-order valence-corrected chi connectivity index (χ2v) is 6.16. The van der Waals surface area contributed by atoms with Crippen molar-refractivity contribution in [1.29, 1.82) is 0 Å². The summed E-state index contributed by atoms with van der Waals surface area (Å²) in [7, 11) is 0. The van der Waals surface area contributed by atoms with E-state index in [0.717, 1.165) is 12.5 Å². The van der Waals surface area contributed by atoms with Gasteiger partial charge in [0.25, 0.3) is 0 Å². The molecule has 0 aromatic heterocycles. The van der Waals surface area contributed by atoms with Gasteiger partial charge < -0.3 is 5.32 Å². The molecule has 2 atom stereocenters. The number of hydrogen-bond acceptors (Lipinski definition) is 2. The Morgan fingerprint density at radius 2 is 1.83 bits per heavy atom. The average Bonchev–Trinajstić information content (AvgIpc) is 3.13. The van der Waals surface area contributed by atoms with Crippen molar-refractivity contribution in [2.45, 2.75) is 84.8 Å². The molecule has 0 heterocycles. The lowest BCUT2D eigenvalue weighted by Gasteiger charge is -2.40. The number of hydrogen-bond donors (Lipinski definition) is 1. The van der Waals surface area contributed by atoms with Gasteiger partial charge in [-0.3, -0.25) is 4.90 Å². The first-order chi connectivity index (χ1) is 8.63. The first-order valence-electron chi connectivity index (χ1n) is 8.13. The Bertz CT molecular complexity index is 205. The van der Waals surface area contributed by atoms with E-state index in [9.17, 15) is 0 Å². The minimum absolute atomic E-state index is 0.672. The summed E-state index contributed by atoms with van der Waals surface area (Å²) in [5.74, 6) is 0.991. The summed E-state index contributed by atoms with van der Waals surface area (Å²) in [6.45, 7) is 14.0. The van der Waals surface area contributed by atoms with Crippen LogP contribution in [0.3, 0.4) is 0 Å². The summed E-state index contributed by atoms with van der Waals surface area (Å²) in [6, 6.07) is 2.06. The second kappa shape index (κ2) is 8.16. The van der Waals surface area contributed by atoms with E-state index in [4.69, 9.17) is 0 Å². The van der Waals surface area contributed by atoms with Crippen molar-refractivity contribution in [2.75, 3.05) is 13.1 Å². The van der Waals surface area contributed by atoms with Crippen molar-refractivity contribution in [3.63, 3.8) is 0 Å². The second-order valence-electron chi connectivity index (χ2n) is 6.16. The van der Waals surface area contributed by atoms with Crippen molar-refractivity contribution in [3.05, 3.63) is 0 Å². The number of nitrogens with zero attached hydrogens (tertiary/aromatic N) is 1. The third-order valence-corrected chi connectivity index (χ3v) is 4.20. The van der Waals surface area contributed by atoms with Gasteiger partial charge in [-0.2, -0.15) is 0 Å². The Balaban J connectivity index is 2.66. The van der Waals surface area contributed by atoms with E-state index in [1.165, 1.54) is 38.6 Å². The fraction of sp³-hybridized carbons (Fsp3) is 1.00. The highest BCUT2D eigenvalue weighted by Crippen LogP contribution is 2.32. The molecular weight excluding hydrogens is 220 g/mol. The molecule has 0 saturated heterocycles. The normalized spacial score (nSPS) is 19.5. The summed E-state index contributed by atoms with van der Waals surface area (Å²) in [6.07, 6.45) is 6.77. The lowest BCUT2D eigenvalue weighted by atomic mass is 9.97.